The van der Waals surface area contributed by atoms with Crippen LogP contribution in [0, 0.1) is 17.0 Å². The molecule has 0 spiro atoms. The van der Waals surface area contributed by atoms with Crippen LogP contribution in [0.2, 0.25) is 0 Å². The molecule has 2 aromatic rings. The molecule has 1 amide bonds. The second kappa shape index (κ2) is 9.45. The molecule has 1 heterocycles. The highest BCUT2D eigenvalue weighted by molar-refractivity contribution is 7.89. The fourth-order valence-electron chi connectivity index (χ4n) is 3.48. The van der Waals surface area contributed by atoms with Crippen molar-refractivity contribution in [3.8, 4) is 0 Å². The monoisotopic (exact) mass is 486 g/mol. The summed E-state index contributed by atoms with van der Waals surface area (Å²) in [4.78, 5) is 24.1. The highest BCUT2D eigenvalue weighted by atomic mass is 32.2. The number of nitro groups is 1. The number of non-ortho nitro benzene ring substituents is 1. The van der Waals surface area contributed by atoms with E-state index in [-0.39, 0.29) is 49.0 Å². The Hall–Kier alpha value is -3.03. The first kappa shape index (κ1) is 24.6. The van der Waals surface area contributed by atoms with Crippen molar-refractivity contribution in [2.75, 3.05) is 38.0 Å². The molecule has 2 aromatic carbocycles. The molecule has 1 fully saturated rings. The van der Waals surface area contributed by atoms with Crippen molar-refractivity contribution in [1.29, 1.82) is 0 Å². The van der Waals surface area contributed by atoms with Crippen molar-refractivity contribution in [2.45, 2.75) is 18.0 Å². The molecular formula is C20H21F3N4O5S. The van der Waals surface area contributed by atoms with E-state index in [1.807, 2.05) is 0 Å². The SMILES string of the molecule is Cc1ccc([N+](=O)[O-])cc1S(=O)(=O)N1CCN(CC(=O)Nc2ccccc2C(F)(F)F)CC1. The van der Waals surface area contributed by atoms with Crippen LogP contribution in [0.25, 0.3) is 0 Å². The number of hydrogen-bond acceptors (Lipinski definition) is 6. The quantitative estimate of drug-likeness (QED) is 0.496. The molecule has 13 heteroatoms. The number of piperazine rings is 1. The van der Waals surface area contributed by atoms with Crippen LogP contribution in [0.1, 0.15) is 11.1 Å². The Balaban J connectivity index is 1.63. The molecule has 33 heavy (non-hydrogen) atoms. The van der Waals surface area contributed by atoms with E-state index < -0.39 is 32.6 Å². The molecule has 0 bridgehead atoms. The minimum atomic E-state index is -4.62. The van der Waals surface area contributed by atoms with Gasteiger partial charge in [-0.1, -0.05) is 18.2 Å². The number of alkyl halides is 3. The third kappa shape index (κ3) is 5.67. The molecule has 0 radical (unpaired) electrons. The van der Waals surface area contributed by atoms with Crippen LogP contribution in [0.5, 0.6) is 0 Å². The third-order valence-electron chi connectivity index (χ3n) is 5.21. The Morgan fingerprint density at radius 2 is 1.76 bits per heavy atom. The lowest BCUT2D eigenvalue weighted by Crippen LogP contribution is -2.50. The topological polar surface area (TPSA) is 113 Å². The lowest BCUT2D eigenvalue weighted by atomic mass is 10.1. The fraction of sp³-hybridized carbons (Fsp3) is 0.350. The number of carbonyl (C=O) groups excluding carboxylic acids is 1. The number of nitrogens with one attached hydrogen (secondary N) is 1. The van der Waals surface area contributed by atoms with Gasteiger partial charge in [0.05, 0.1) is 27.6 Å². The molecule has 9 nitrogen and oxygen atoms in total. The number of nitro benzene ring substituents is 1. The Bertz CT molecular complexity index is 1160. The number of benzene rings is 2. The summed E-state index contributed by atoms with van der Waals surface area (Å²) in [7, 11) is -3.99. The summed E-state index contributed by atoms with van der Waals surface area (Å²) in [6.07, 6.45) is -4.62. The van der Waals surface area contributed by atoms with Gasteiger partial charge in [-0.3, -0.25) is 19.8 Å². The summed E-state index contributed by atoms with van der Waals surface area (Å²) < 4.78 is 66.4. The predicted molar refractivity (Wildman–Crippen MR) is 113 cm³/mol. The van der Waals surface area contributed by atoms with E-state index in [9.17, 15) is 36.5 Å². The maximum atomic E-state index is 13.1. The molecule has 0 aromatic heterocycles. The zero-order chi connectivity index (χ0) is 24.4. The summed E-state index contributed by atoms with van der Waals surface area (Å²) in [5.74, 6) is -0.655. The van der Waals surface area contributed by atoms with Gasteiger partial charge in [0.2, 0.25) is 15.9 Å². The number of aryl methyl sites for hydroxylation is 1. The van der Waals surface area contributed by atoms with E-state index in [2.05, 4.69) is 5.32 Å². The molecule has 178 valence electrons. The first-order valence-corrected chi connectivity index (χ1v) is 11.3. The largest absolute Gasteiger partial charge is 0.418 e. The van der Waals surface area contributed by atoms with Gasteiger partial charge < -0.3 is 5.32 Å². The molecule has 1 saturated heterocycles. The summed E-state index contributed by atoms with van der Waals surface area (Å²) in [5, 5.41) is 13.3. The van der Waals surface area contributed by atoms with Crippen LogP contribution >= 0.6 is 0 Å². The zero-order valence-corrected chi connectivity index (χ0v) is 18.3. The number of carbonyl (C=O) groups is 1. The lowest BCUT2D eigenvalue weighted by molar-refractivity contribution is -0.385. The predicted octanol–water partition coefficient (Wildman–Crippen LogP) is 2.87. The van der Waals surface area contributed by atoms with E-state index in [0.717, 1.165) is 18.2 Å². The minimum Gasteiger partial charge on any atom is -0.324 e. The zero-order valence-electron chi connectivity index (χ0n) is 17.5. The second-order valence-corrected chi connectivity index (χ2v) is 9.39. The second-order valence-electron chi connectivity index (χ2n) is 7.48. The van der Waals surface area contributed by atoms with E-state index >= 15 is 0 Å². The maximum absolute atomic E-state index is 13.1. The van der Waals surface area contributed by atoms with E-state index in [1.165, 1.54) is 35.5 Å². The number of amides is 1. The van der Waals surface area contributed by atoms with Crippen LogP contribution in [-0.4, -0.2) is 61.2 Å². The first-order chi connectivity index (χ1) is 15.4. The molecule has 1 aliphatic heterocycles. The van der Waals surface area contributed by atoms with Gasteiger partial charge in [-0.05, 0) is 24.6 Å². The Labute approximate surface area is 188 Å². The molecule has 1 N–H and O–H groups in total. The van der Waals surface area contributed by atoms with Gasteiger partial charge >= 0.3 is 6.18 Å². The van der Waals surface area contributed by atoms with E-state index in [1.54, 1.807) is 4.90 Å². The summed E-state index contributed by atoms with van der Waals surface area (Å²) in [6, 6.07) is 8.24. The Morgan fingerprint density at radius 3 is 2.36 bits per heavy atom. The molecule has 0 saturated carbocycles. The van der Waals surface area contributed by atoms with Crippen molar-refractivity contribution >= 4 is 27.3 Å². The molecule has 0 atom stereocenters. The van der Waals surface area contributed by atoms with Gasteiger partial charge in [0.1, 0.15) is 0 Å². The lowest BCUT2D eigenvalue weighted by Gasteiger charge is -2.33. The molecule has 1 aliphatic rings. The van der Waals surface area contributed by atoms with Crippen LogP contribution in [0.4, 0.5) is 24.5 Å². The van der Waals surface area contributed by atoms with Gasteiger partial charge in [-0.2, -0.15) is 17.5 Å². The normalized spacial score (nSPS) is 15.9. The van der Waals surface area contributed by atoms with Crippen molar-refractivity contribution in [3.63, 3.8) is 0 Å². The summed E-state index contributed by atoms with van der Waals surface area (Å²) in [5.41, 5.74) is -1.28. The highest BCUT2D eigenvalue weighted by Crippen LogP contribution is 2.34. The van der Waals surface area contributed by atoms with Gasteiger partial charge in [-0.15, -0.1) is 0 Å². The average molecular weight is 486 g/mol. The van der Waals surface area contributed by atoms with Crippen molar-refractivity contribution < 1.29 is 31.3 Å². The standard InChI is InChI=1S/C20H21F3N4O5S/c1-14-6-7-15(27(29)30)12-18(14)33(31,32)26-10-8-25(9-11-26)13-19(28)24-17-5-3-2-4-16(17)20(21,22)23/h2-7,12H,8-11,13H2,1H3,(H,24,28). The van der Waals surface area contributed by atoms with Gasteiger partial charge in [-0.25, -0.2) is 8.42 Å². The van der Waals surface area contributed by atoms with Gasteiger partial charge in [0, 0.05) is 38.3 Å². The van der Waals surface area contributed by atoms with Crippen LogP contribution in [0.15, 0.2) is 47.4 Å². The van der Waals surface area contributed by atoms with Gasteiger partial charge in [0.15, 0.2) is 0 Å². The van der Waals surface area contributed by atoms with Crippen molar-refractivity contribution in [2.24, 2.45) is 0 Å². The third-order valence-corrected chi connectivity index (χ3v) is 7.25. The molecular weight excluding hydrogens is 465 g/mol. The number of para-hydroxylation sites is 1. The van der Waals surface area contributed by atoms with E-state index in [0.29, 0.717) is 5.56 Å². The van der Waals surface area contributed by atoms with Crippen LogP contribution in [0.3, 0.4) is 0 Å². The summed E-state index contributed by atoms with van der Waals surface area (Å²) >= 11 is 0. The minimum absolute atomic E-state index is 0.0247. The van der Waals surface area contributed by atoms with Crippen molar-refractivity contribution in [3.05, 3.63) is 63.7 Å². The first-order valence-electron chi connectivity index (χ1n) is 9.83. The Kier molecular flexibility index (Phi) is 7.05. The number of nitrogens with zero attached hydrogens (tertiary/aromatic N) is 3. The van der Waals surface area contributed by atoms with Crippen molar-refractivity contribution in [1.82, 2.24) is 9.21 Å². The average Bonchev–Trinajstić information content (AvgIpc) is 2.73. The summed E-state index contributed by atoms with van der Waals surface area (Å²) in [6.45, 7) is 1.71. The van der Waals surface area contributed by atoms with E-state index in [4.69, 9.17) is 0 Å². The van der Waals surface area contributed by atoms with Crippen LogP contribution < -0.4 is 5.32 Å². The number of anilines is 1. The number of sulfonamides is 1. The number of rotatable bonds is 6. The van der Waals surface area contributed by atoms with Gasteiger partial charge in [0.25, 0.3) is 5.69 Å². The molecule has 3 rings (SSSR count). The number of hydrogen-bond donors (Lipinski definition) is 1. The maximum Gasteiger partial charge on any atom is 0.418 e. The molecule has 0 unspecified atom stereocenters. The molecule has 0 aliphatic carbocycles. The smallest absolute Gasteiger partial charge is 0.324 e. The highest BCUT2D eigenvalue weighted by Gasteiger charge is 2.34. The number of halogens is 3. The fourth-order valence-corrected chi connectivity index (χ4v) is 5.15. The van der Waals surface area contributed by atoms with Crippen LogP contribution in [-0.2, 0) is 21.0 Å². The Morgan fingerprint density at radius 1 is 1.12 bits per heavy atom.